The molecule has 0 amide bonds. The zero-order valence-electron chi connectivity index (χ0n) is 12.0. The van der Waals surface area contributed by atoms with Gasteiger partial charge in [0.1, 0.15) is 0 Å². The van der Waals surface area contributed by atoms with Crippen molar-refractivity contribution in [3.8, 4) is 0 Å². The van der Waals surface area contributed by atoms with Gasteiger partial charge in [-0.2, -0.15) is 4.89 Å². The molecule has 0 fully saturated rings. The topological polar surface area (TPSA) is 35.5 Å². The first-order valence-electron chi connectivity index (χ1n) is 7.20. The van der Waals surface area contributed by atoms with Crippen LogP contribution in [-0.2, 0) is 16.2 Å². The molecule has 0 atom stereocenters. The number of carbonyl (C=O) groups excluding carboxylic acids is 1. The SMILES string of the molecule is CCCCCCc1ccc(C(=O)OOCCC)cc1. The third kappa shape index (κ3) is 6.39. The molecule has 3 nitrogen and oxygen atoms in total. The minimum Gasteiger partial charge on any atom is -0.293 e. The molecule has 0 spiro atoms. The predicted molar refractivity (Wildman–Crippen MR) is 75.9 cm³/mol. The fourth-order valence-corrected chi connectivity index (χ4v) is 1.79. The summed E-state index contributed by atoms with van der Waals surface area (Å²) in [5, 5.41) is 0. The summed E-state index contributed by atoms with van der Waals surface area (Å²) in [5.41, 5.74) is 1.80. The van der Waals surface area contributed by atoms with E-state index in [9.17, 15) is 4.79 Å². The summed E-state index contributed by atoms with van der Waals surface area (Å²) in [7, 11) is 0. The highest BCUT2D eigenvalue weighted by Crippen LogP contribution is 2.10. The molecule has 3 heteroatoms. The Hall–Kier alpha value is -1.35. The lowest BCUT2D eigenvalue weighted by molar-refractivity contribution is -0.240. The zero-order valence-corrected chi connectivity index (χ0v) is 12.0. The van der Waals surface area contributed by atoms with Crippen LogP contribution in [0.2, 0.25) is 0 Å². The van der Waals surface area contributed by atoms with Crippen LogP contribution in [0, 0.1) is 0 Å². The molecule has 0 aliphatic rings. The molecule has 1 rings (SSSR count). The zero-order chi connectivity index (χ0) is 13.9. The van der Waals surface area contributed by atoms with Gasteiger partial charge in [-0.05, 0) is 37.0 Å². The van der Waals surface area contributed by atoms with Gasteiger partial charge in [0.05, 0.1) is 12.2 Å². The van der Waals surface area contributed by atoms with Crippen molar-refractivity contribution in [3.05, 3.63) is 35.4 Å². The van der Waals surface area contributed by atoms with Crippen LogP contribution >= 0.6 is 0 Å². The quantitative estimate of drug-likeness (QED) is 0.379. The maximum Gasteiger partial charge on any atom is 0.373 e. The first-order chi connectivity index (χ1) is 9.27. The molecule has 0 aliphatic carbocycles. The first kappa shape index (κ1) is 15.7. The van der Waals surface area contributed by atoms with Crippen LogP contribution in [0.3, 0.4) is 0 Å². The highest BCUT2D eigenvalue weighted by Gasteiger charge is 2.07. The summed E-state index contributed by atoms with van der Waals surface area (Å²) in [6.45, 7) is 4.60. The van der Waals surface area contributed by atoms with E-state index in [0.29, 0.717) is 12.2 Å². The van der Waals surface area contributed by atoms with E-state index in [1.54, 1.807) is 12.1 Å². The summed E-state index contributed by atoms with van der Waals surface area (Å²) in [5.74, 6) is -0.425. The van der Waals surface area contributed by atoms with Gasteiger partial charge in [-0.1, -0.05) is 45.2 Å². The van der Waals surface area contributed by atoms with Crippen molar-refractivity contribution in [1.29, 1.82) is 0 Å². The molecule has 0 aliphatic heterocycles. The maximum absolute atomic E-state index is 11.6. The Morgan fingerprint density at radius 2 is 1.74 bits per heavy atom. The lowest BCUT2D eigenvalue weighted by atomic mass is 10.0. The molecular weight excluding hydrogens is 240 g/mol. The Balaban J connectivity index is 2.36. The smallest absolute Gasteiger partial charge is 0.293 e. The summed E-state index contributed by atoms with van der Waals surface area (Å²) in [6, 6.07) is 7.57. The van der Waals surface area contributed by atoms with Crippen LogP contribution in [0.5, 0.6) is 0 Å². The van der Waals surface area contributed by atoms with E-state index in [1.807, 2.05) is 19.1 Å². The van der Waals surface area contributed by atoms with Crippen LogP contribution in [0.1, 0.15) is 61.9 Å². The number of aryl methyl sites for hydroxylation is 1. The highest BCUT2D eigenvalue weighted by molar-refractivity contribution is 5.88. The highest BCUT2D eigenvalue weighted by atomic mass is 17.2. The van der Waals surface area contributed by atoms with E-state index >= 15 is 0 Å². The molecular formula is C16H24O3. The van der Waals surface area contributed by atoms with E-state index in [-0.39, 0.29) is 0 Å². The summed E-state index contributed by atoms with van der Waals surface area (Å²) in [4.78, 5) is 21.0. The molecule has 0 heterocycles. The van der Waals surface area contributed by atoms with Crippen LogP contribution in [0.25, 0.3) is 0 Å². The van der Waals surface area contributed by atoms with Crippen LogP contribution in [-0.4, -0.2) is 12.6 Å². The van der Waals surface area contributed by atoms with E-state index in [1.165, 1.54) is 31.2 Å². The molecule has 0 saturated carbocycles. The van der Waals surface area contributed by atoms with E-state index < -0.39 is 5.97 Å². The molecule has 0 aromatic heterocycles. The van der Waals surface area contributed by atoms with Crippen molar-refractivity contribution < 1.29 is 14.6 Å². The van der Waals surface area contributed by atoms with Crippen molar-refractivity contribution in [2.24, 2.45) is 0 Å². The monoisotopic (exact) mass is 264 g/mol. The van der Waals surface area contributed by atoms with E-state index in [0.717, 1.165) is 12.8 Å². The fourth-order valence-electron chi connectivity index (χ4n) is 1.79. The van der Waals surface area contributed by atoms with Gasteiger partial charge in [-0.3, -0.25) is 4.89 Å². The second-order valence-electron chi connectivity index (χ2n) is 4.70. The molecule has 0 bridgehead atoms. The van der Waals surface area contributed by atoms with Gasteiger partial charge in [0, 0.05) is 0 Å². The molecule has 0 N–H and O–H groups in total. The normalized spacial score (nSPS) is 10.4. The minimum atomic E-state index is -0.425. The van der Waals surface area contributed by atoms with Gasteiger partial charge >= 0.3 is 5.97 Å². The maximum atomic E-state index is 11.6. The number of hydrogen-bond acceptors (Lipinski definition) is 3. The van der Waals surface area contributed by atoms with E-state index in [4.69, 9.17) is 4.89 Å². The van der Waals surface area contributed by atoms with Gasteiger partial charge in [0.25, 0.3) is 0 Å². The Bertz CT molecular complexity index is 357. The fraction of sp³-hybridized carbons (Fsp3) is 0.562. The van der Waals surface area contributed by atoms with Gasteiger partial charge in [-0.15, -0.1) is 0 Å². The average molecular weight is 264 g/mol. The molecule has 19 heavy (non-hydrogen) atoms. The second-order valence-corrected chi connectivity index (χ2v) is 4.70. The van der Waals surface area contributed by atoms with Crippen molar-refractivity contribution in [1.82, 2.24) is 0 Å². The summed E-state index contributed by atoms with van der Waals surface area (Å²) in [6.07, 6.45) is 6.91. The summed E-state index contributed by atoms with van der Waals surface area (Å²) < 4.78 is 0. The molecule has 0 saturated heterocycles. The van der Waals surface area contributed by atoms with Crippen LogP contribution in [0.4, 0.5) is 0 Å². The number of rotatable bonds is 9. The van der Waals surface area contributed by atoms with Crippen molar-refractivity contribution in [2.75, 3.05) is 6.61 Å². The lowest BCUT2D eigenvalue weighted by Crippen LogP contribution is -2.06. The molecule has 106 valence electrons. The Labute approximate surface area is 115 Å². The standard InChI is InChI=1S/C16H24O3/c1-3-5-6-7-8-14-9-11-15(12-10-14)16(17)19-18-13-4-2/h9-12H,3-8,13H2,1-2H3. The predicted octanol–water partition coefficient (Wildman–Crippen LogP) is 4.31. The largest absolute Gasteiger partial charge is 0.373 e. The van der Waals surface area contributed by atoms with Crippen LogP contribution < -0.4 is 0 Å². The van der Waals surface area contributed by atoms with Crippen molar-refractivity contribution in [3.63, 3.8) is 0 Å². The van der Waals surface area contributed by atoms with Crippen LogP contribution in [0.15, 0.2) is 24.3 Å². The Kier molecular flexibility index (Phi) is 7.91. The number of hydrogen-bond donors (Lipinski definition) is 0. The Morgan fingerprint density at radius 1 is 1.00 bits per heavy atom. The van der Waals surface area contributed by atoms with Gasteiger partial charge in [0.2, 0.25) is 0 Å². The van der Waals surface area contributed by atoms with Gasteiger partial charge in [0.15, 0.2) is 0 Å². The average Bonchev–Trinajstić information content (AvgIpc) is 2.44. The second kappa shape index (κ2) is 9.56. The molecule has 0 unspecified atom stereocenters. The molecule has 0 radical (unpaired) electrons. The summed E-state index contributed by atoms with van der Waals surface area (Å²) >= 11 is 0. The third-order valence-electron chi connectivity index (χ3n) is 2.93. The third-order valence-corrected chi connectivity index (χ3v) is 2.93. The van der Waals surface area contributed by atoms with E-state index in [2.05, 4.69) is 11.8 Å². The lowest BCUT2D eigenvalue weighted by Gasteiger charge is -2.04. The van der Waals surface area contributed by atoms with Crippen molar-refractivity contribution >= 4 is 5.97 Å². The Morgan fingerprint density at radius 3 is 2.37 bits per heavy atom. The molecule has 1 aromatic carbocycles. The van der Waals surface area contributed by atoms with Gasteiger partial charge < -0.3 is 0 Å². The number of benzene rings is 1. The minimum absolute atomic E-state index is 0.425. The van der Waals surface area contributed by atoms with Crippen molar-refractivity contribution in [2.45, 2.75) is 52.4 Å². The van der Waals surface area contributed by atoms with Gasteiger partial charge in [-0.25, -0.2) is 4.79 Å². The molecule has 1 aromatic rings. The number of carbonyl (C=O) groups is 1. The number of unbranched alkanes of at least 4 members (excludes halogenated alkanes) is 3. The first-order valence-corrected chi connectivity index (χ1v) is 7.20.